The Balaban J connectivity index is 2.32. The van der Waals surface area contributed by atoms with Gasteiger partial charge >= 0.3 is 0 Å². The monoisotopic (exact) mass is 284 g/mol. The number of nitrogens with one attached hydrogen (secondary N) is 1. The lowest BCUT2D eigenvalue weighted by Gasteiger charge is -2.46. The normalized spacial score (nSPS) is 34.5. The summed E-state index contributed by atoms with van der Waals surface area (Å²) in [5.74, 6) is 0.0729. The molecule has 0 aromatic carbocycles. The predicted octanol–water partition coefficient (Wildman–Crippen LogP) is 1.79. The van der Waals surface area contributed by atoms with E-state index >= 15 is 0 Å². The minimum absolute atomic E-state index is 0.00106. The molecule has 1 saturated heterocycles. The van der Waals surface area contributed by atoms with Crippen molar-refractivity contribution in [3.05, 3.63) is 0 Å². The maximum Gasteiger partial charge on any atom is 0.248 e. The van der Waals surface area contributed by atoms with Crippen LogP contribution >= 0.6 is 11.8 Å². The number of hydrogen-bond acceptors (Lipinski definition) is 3. The third-order valence-corrected chi connectivity index (χ3v) is 5.46. The molecule has 3 unspecified atom stereocenters. The molecule has 0 spiro atoms. The van der Waals surface area contributed by atoms with Crippen molar-refractivity contribution >= 4 is 23.6 Å². The number of hydrogen-bond donors (Lipinski definition) is 1. The molecule has 2 fully saturated rings. The van der Waals surface area contributed by atoms with Gasteiger partial charge in [0.15, 0.2) is 0 Å². The van der Waals surface area contributed by atoms with Crippen LogP contribution in [0.3, 0.4) is 0 Å². The number of amides is 2. The second-order valence-electron chi connectivity index (χ2n) is 6.02. The van der Waals surface area contributed by atoms with Gasteiger partial charge in [-0.1, -0.05) is 13.3 Å². The molecule has 0 radical (unpaired) electrons. The molecular weight excluding hydrogens is 260 g/mol. The molecule has 5 heteroatoms. The molecule has 1 heterocycles. The SMILES string of the molecule is CCC1C(=O)NC(C)(C)C(=O)N1C1CCCC1SC. The number of nitrogens with zero attached hydrogens (tertiary/aromatic N) is 1. The van der Waals surface area contributed by atoms with Crippen molar-refractivity contribution in [1.29, 1.82) is 0 Å². The van der Waals surface area contributed by atoms with Crippen LogP contribution in [0.5, 0.6) is 0 Å². The van der Waals surface area contributed by atoms with Crippen LogP contribution < -0.4 is 5.32 Å². The van der Waals surface area contributed by atoms with Gasteiger partial charge in [-0.15, -0.1) is 0 Å². The van der Waals surface area contributed by atoms with Gasteiger partial charge in [-0.3, -0.25) is 9.59 Å². The van der Waals surface area contributed by atoms with Gasteiger partial charge in [0, 0.05) is 11.3 Å². The van der Waals surface area contributed by atoms with Gasteiger partial charge < -0.3 is 10.2 Å². The van der Waals surface area contributed by atoms with Crippen molar-refractivity contribution in [3.8, 4) is 0 Å². The second-order valence-corrected chi connectivity index (χ2v) is 7.10. The first-order chi connectivity index (χ1) is 8.92. The van der Waals surface area contributed by atoms with Crippen LogP contribution in [-0.2, 0) is 9.59 Å². The minimum Gasteiger partial charge on any atom is -0.340 e. The predicted molar refractivity (Wildman–Crippen MR) is 78.1 cm³/mol. The van der Waals surface area contributed by atoms with Gasteiger partial charge in [0.05, 0.1) is 0 Å². The molecule has 0 aromatic rings. The van der Waals surface area contributed by atoms with Gasteiger partial charge in [-0.05, 0) is 39.4 Å². The molecule has 108 valence electrons. The lowest BCUT2D eigenvalue weighted by atomic mass is 9.93. The lowest BCUT2D eigenvalue weighted by Crippen LogP contribution is -2.70. The van der Waals surface area contributed by atoms with Crippen LogP contribution in [0.15, 0.2) is 0 Å². The summed E-state index contributed by atoms with van der Waals surface area (Å²) in [7, 11) is 0. The van der Waals surface area contributed by atoms with Crippen molar-refractivity contribution in [2.24, 2.45) is 0 Å². The van der Waals surface area contributed by atoms with Crippen LogP contribution in [-0.4, -0.2) is 45.8 Å². The molecule has 1 N–H and O–H groups in total. The van der Waals surface area contributed by atoms with Crippen LogP contribution in [0.2, 0.25) is 0 Å². The summed E-state index contributed by atoms with van der Waals surface area (Å²) in [4.78, 5) is 26.8. The van der Waals surface area contributed by atoms with Crippen molar-refractivity contribution in [2.75, 3.05) is 6.26 Å². The van der Waals surface area contributed by atoms with E-state index in [1.165, 1.54) is 0 Å². The Labute approximate surface area is 119 Å². The molecular formula is C14H24N2O2S. The van der Waals surface area contributed by atoms with Gasteiger partial charge in [-0.25, -0.2) is 0 Å². The molecule has 1 aliphatic carbocycles. The standard InChI is InChI=1S/C14H24N2O2S/c1-5-9-12(17)15-14(2,3)13(18)16(9)10-7-6-8-11(10)19-4/h9-11H,5-8H2,1-4H3,(H,15,17). The third-order valence-electron chi connectivity index (χ3n) is 4.31. The molecule has 2 rings (SSSR count). The highest BCUT2D eigenvalue weighted by molar-refractivity contribution is 7.99. The quantitative estimate of drug-likeness (QED) is 0.859. The van der Waals surface area contributed by atoms with Gasteiger partial charge in [0.25, 0.3) is 0 Å². The summed E-state index contributed by atoms with van der Waals surface area (Å²) in [5, 5.41) is 3.33. The number of thioether (sulfide) groups is 1. The highest BCUT2D eigenvalue weighted by Gasteiger charge is 2.49. The molecule has 0 aromatic heterocycles. The first-order valence-corrected chi connectivity index (χ1v) is 8.38. The summed E-state index contributed by atoms with van der Waals surface area (Å²) >= 11 is 1.82. The zero-order chi connectivity index (χ0) is 14.2. The number of carbonyl (C=O) groups is 2. The van der Waals surface area contributed by atoms with Crippen LogP contribution in [0.4, 0.5) is 0 Å². The first kappa shape index (κ1) is 14.7. The molecule has 1 saturated carbocycles. The fourth-order valence-electron chi connectivity index (χ4n) is 3.30. The summed E-state index contributed by atoms with van der Waals surface area (Å²) in [6.07, 6.45) is 6.11. The molecule has 19 heavy (non-hydrogen) atoms. The summed E-state index contributed by atoms with van der Waals surface area (Å²) in [5.41, 5.74) is -0.770. The van der Waals surface area contributed by atoms with Gasteiger partial charge in [0.2, 0.25) is 11.8 Å². The molecule has 2 aliphatic rings. The summed E-state index contributed by atoms with van der Waals surface area (Å²) in [6, 6.07) is -0.0731. The van der Waals surface area contributed by atoms with E-state index in [2.05, 4.69) is 11.6 Å². The van der Waals surface area contributed by atoms with Crippen molar-refractivity contribution in [3.63, 3.8) is 0 Å². The Morgan fingerprint density at radius 2 is 2.05 bits per heavy atom. The molecule has 2 amide bonds. The van der Waals surface area contributed by atoms with Crippen LogP contribution in [0.1, 0.15) is 46.5 Å². The Kier molecular flexibility index (Phi) is 4.14. The Morgan fingerprint density at radius 3 is 2.63 bits per heavy atom. The Bertz CT molecular complexity index is 384. The van der Waals surface area contributed by atoms with Crippen molar-refractivity contribution in [2.45, 2.75) is 69.3 Å². The third kappa shape index (κ3) is 2.49. The molecule has 4 nitrogen and oxygen atoms in total. The minimum atomic E-state index is -0.770. The fourth-order valence-corrected chi connectivity index (χ4v) is 4.28. The lowest BCUT2D eigenvalue weighted by molar-refractivity contribution is -0.156. The van der Waals surface area contributed by atoms with Crippen LogP contribution in [0, 0.1) is 0 Å². The van der Waals surface area contributed by atoms with E-state index < -0.39 is 5.54 Å². The van der Waals surface area contributed by atoms with E-state index in [4.69, 9.17) is 0 Å². The number of rotatable bonds is 3. The second kappa shape index (κ2) is 5.35. The highest BCUT2D eigenvalue weighted by Crippen LogP contribution is 2.36. The van der Waals surface area contributed by atoms with E-state index in [9.17, 15) is 9.59 Å². The highest BCUT2D eigenvalue weighted by atomic mass is 32.2. The van der Waals surface area contributed by atoms with Crippen molar-refractivity contribution < 1.29 is 9.59 Å². The fraction of sp³-hybridized carbons (Fsp3) is 0.857. The number of piperazine rings is 1. The number of carbonyl (C=O) groups excluding carboxylic acids is 2. The average molecular weight is 284 g/mol. The van der Waals surface area contributed by atoms with E-state index in [-0.39, 0.29) is 23.9 Å². The Hall–Kier alpha value is -0.710. The largest absolute Gasteiger partial charge is 0.340 e. The molecule has 1 aliphatic heterocycles. The zero-order valence-corrected chi connectivity index (χ0v) is 13.0. The van der Waals surface area contributed by atoms with E-state index in [1.54, 1.807) is 13.8 Å². The molecule has 3 atom stereocenters. The van der Waals surface area contributed by atoms with Crippen molar-refractivity contribution in [1.82, 2.24) is 10.2 Å². The Morgan fingerprint density at radius 1 is 1.37 bits per heavy atom. The molecule has 0 bridgehead atoms. The maximum atomic E-state index is 12.7. The average Bonchev–Trinajstić information content (AvgIpc) is 2.80. The smallest absolute Gasteiger partial charge is 0.248 e. The first-order valence-electron chi connectivity index (χ1n) is 7.10. The van der Waals surface area contributed by atoms with E-state index in [0.29, 0.717) is 11.7 Å². The van der Waals surface area contributed by atoms with E-state index in [0.717, 1.165) is 19.3 Å². The van der Waals surface area contributed by atoms with E-state index in [1.807, 2.05) is 23.6 Å². The maximum absolute atomic E-state index is 12.7. The topological polar surface area (TPSA) is 49.4 Å². The van der Waals surface area contributed by atoms with Gasteiger partial charge in [0.1, 0.15) is 11.6 Å². The zero-order valence-electron chi connectivity index (χ0n) is 12.2. The summed E-state index contributed by atoms with van der Waals surface area (Å²) in [6.45, 7) is 5.58. The van der Waals surface area contributed by atoms with Gasteiger partial charge in [-0.2, -0.15) is 11.8 Å². The summed E-state index contributed by atoms with van der Waals surface area (Å²) < 4.78 is 0. The van der Waals surface area contributed by atoms with Crippen LogP contribution in [0.25, 0.3) is 0 Å².